The molecule has 132 valence electrons. The number of aryl methyl sites for hydroxylation is 1. The summed E-state index contributed by atoms with van der Waals surface area (Å²) in [4.78, 5) is 18.7. The van der Waals surface area contributed by atoms with Crippen LogP contribution in [0.15, 0.2) is 34.9 Å². The molecule has 2 atom stereocenters. The molecule has 0 radical (unpaired) electrons. The minimum Gasteiger partial charge on any atom is -0.484 e. The maximum Gasteiger partial charge on any atom is 0.260 e. The molecule has 0 N–H and O–H groups in total. The summed E-state index contributed by atoms with van der Waals surface area (Å²) in [5, 5.41) is 3.86. The van der Waals surface area contributed by atoms with Crippen LogP contribution in [0.4, 0.5) is 0 Å². The molecule has 4 rings (SSSR count). The average Bonchev–Trinajstić information content (AvgIpc) is 3.28. The minimum atomic E-state index is -0.138. The van der Waals surface area contributed by atoms with E-state index >= 15 is 0 Å². The number of hydrogen-bond acceptors (Lipinski definition) is 6. The molecular formula is C18H21N3O4. The topological polar surface area (TPSA) is 77.7 Å². The number of hydrogen-bond donors (Lipinski definition) is 0. The van der Waals surface area contributed by atoms with Gasteiger partial charge >= 0.3 is 0 Å². The second-order valence-corrected chi connectivity index (χ2v) is 6.86. The molecule has 0 unspecified atom stereocenters. The highest BCUT2D eigenvalue weighted by Gasteiger charge is 2.52. The Morgan fingerprint density at radius 2 is 2.24 bits per heavy atom. The standard InChI is InChI=1S/C18H21N3O4/c1-13-19-16(25-20-13)7-18-11-21(8-14(18)9-23-12-18)17(22)10-24-15-5-3-2-4-6-15/h2-6,14H,7-12H2,1H3/t14-,18+/m1/s1. The van der Waals surface area contributed by atoms with Gasteiger partial charge in [0.1, 0.15) is 5.75 Å². The van der Waals surface area contributed by atoms with Gasteiger partial charge < -0.3 is 18.9 Å². The number of likely N-dealkylation sites (tertiary alicyclic amines) is 1. The monoisotopic (exact) mass is 343 g/mol. The molecule has 2 aliphatic heterocycles. The van der Waals surface area contributed by atoms with Crippen molar-refractivity contribution in [3.8, 4) is 5.75 Å². The second-order valence-electron chi connectivity index (χ2n) is 6.86. The maximum absolute atomic E-state index is 12.6. The van der Waals surface area contributed by atoms with Gasteiger partial charge in [-0.05, 0) is 19.1 Å². The van der Waals surface area contributed by atoms with Crippen LogP contribution in [0.3, 0.4) is 0 Å². The third-order valence-corrected chi connectivity index (χ3v) is 5.05. The highest BCUT2D eigenvalue weighted by Crippen LogP contribution is 2.43. The number of aromatic nitrogens is 2. The first-order chi connectivity index (χ1) is 12.1. The molecule has 1 aromatic heterocycles. The SMILES string of the molecule is Cc1noc(C[C@]23COC[C@H]2CN(C(=O)COc2ccccc2)C3)n1. The maximum atomic E-state index is 12.6. The third-order valence-electron chi connectivity index (χ3n) is 5.05. The summed E-state index contributed by atoms with van der Waals surface area (Å²) >= 11 is 0. The molecule has 0 spiro atoms. The normalized spacial score (nSPS) is 25.2. The molecule has 0 aliphatic carbocycles. The van der Waals surface area contributed by atoms with Crippen LogP contribution in [0.5, 0.6) is 5.75 Å². The summed E-state index contributed by atoms with van der Waals surface area (Å²) < 4.78 is 16.6. The van der Waals surface area contributed by atoms with Crippen LogP contribution in [-0.2, 0) is 16.0 Å². The predicted octanol–water partition coefficient (Wildman–Crippen LogP) is 1.47. The Morgan fingerprint density at radius 1 is 1.40 bits per heavy atom. The zero-order valence-electron chi connectivity index (χ0n) is 14.2. The molecule has 25 heavy (non-hydrogen) atoms. The van der Waals surface area contributed by atoms with Gasteiger partial charge in [0.2, 0.25) is 5.89 Å². The first-order valence-electron chi connectivity index (χ1n) is 8.47. The minimum absolute atomic E-state index is 0.000613. The van der Waals surface area contributed by atoms with Gasteiger partial charge in [-0.15, -0.1) is 0 Å². The van der Waals surface area contributed by atoms with E-state index in [2.05, 4.69) is 10.1 Å². The lowest BCUT2D eigenvalue weighted by atomic mass is 9.78. The van der Waals surface area contributed by atoms with Crippen LogP contribution in [0.2, 0.25) is 0 Å². The average molecular weight is 343 g/mol. The van der Waals surface area contributed by atoms with Crippen molar-refractivity contribution in [2.24, 2.45) is 11.3 Å². The number of carbonyl (C=O) groups excluding carboxylic acids is 1. The molecule has 2 aromatic rings. The van der Waals surface area contributed by atoms with E-state index in [1.165, 1.54) is 0 Å². The van der Waals surface area contributed by atoms with Gasteiger partial charge in [-0.3, -0.25) is 4.79 Å². The van der Waals surface area contributed by atoms with E-state index in [-0.39, 0.29) is 17.9 Å². The number of amides is 1. The molecule has 1 amide bonds. The number of nitrogens with zero attached hydrogens (tertiary/aromatic N) is 3. The van der Waals surface area contributed by atoms with Gasteiger partial charge in [-0.2, -0.15) is 4.98 Å². The summed E-state index contributed by atoms with van der Waals surface area (Å²) in [6.07, 6.45) is 0.641. The number of rotatable bonds is 5. The van der Waals surface area contributed by atoms with Crippen molar-refractivity contribution < 1.29 is 18.8 Å². The van der Waals surface area contributed by atoms with Crippen LogP contribution in [0.25, 0.3) is 0 Å². The van der Waals surface area contributed by atoms with Gasteiger partial charge in [0, 0.05) is 30.8 Å². The fraction of sp³-hybridized carbons (Fsp3) is 0.500. The number of ether oxygens (including phenoxy) is 2. The predicted molar refractivity (Wildman–Crippen MR) is 88.0 cm³/mol. The first-order valence-corrected chi connectivity index (χ1v) is 8.47. The number of benzene rings is 1. The Morgan fingerprint density at radius 3 is 3.00 bits per heavy atom. The van der Waals surface area contributed by atoms with E-state index in [0.29, 0.717) is 56.1 Å². The van der Waals surface area contributed by atoms with E-state index in [9.17, 15) is 4.79 Å². The van der Waals surface area contributed by atoms with Crippen LogP contribution in [0.1, 0.15) is 11.7 Å². The van der Waals surface area contributed by atoms with Gasteiger partial charge in [-0.1, -0.05) is 23.4 Å². The molecule has 2 fully saturated rings. The molecule has 3 heterocycles. The number of para-hydroxylation sites is 1. The second kappa shape index (κ2) is 6.48. The lowest BCUT2D eigenvalue weighted by Crippen LogP contribution is -2.37. The van der Waals surface area contributed by atoms with Gasteiger partial charge in [-0.25, -0.2) is 0 Å². The Balaban J connectivity index is 1.40. The molecule has 1 aromatic carbocycles. The van der Waals surface area contributed by atoms with Crippen molar-refractivity contribution in [1.29, 1.82) is 0 Å². The summed E-state index contributed by atoms with van der Waals surface area (Å²) in [7, 11) is 0. The lowest BCUT2D eigenvalue weighted by molar-refractivity contribution is -0.133. The van der Waals surface area contributed by atoms with E-state index in [1.807, 2.05) is 35.2 Å². The molecule has 0 bridgehead atoms. The third kappa shape index (κ3) is 3.24. The Labute approximate surface area is 145 Å². The van der Waals surface area contributed by atoms with Gasteiger partial charge in [0.15, 0.2) is 12.4 Å². The fourth-order valence-corrected chi connectivity index (χ4v) is 3.74. The van der Waals surface area contributed by atoms with Crippen LogP contribution in [0, 0.1) is 18.3 Å². The molecule has 2 saturated heterocycles. The lowest BCUT2D eigenvalue weighted by Gasteiger charge is -2.25. The van der Waals surface area contributed by atoms with Crippen molar-refractivity contribution in [3.63, 3.8) is 0 Å². The summed E-state index contributed by atoms with van der Waals surface area (Å²) in [5.74, 6) is 2.24. The van der Waals surface area contributed by atoms with Gasteiger partial charge in [0.25, 0.3) is 5.91 Å². The van der Waals surface area contributed by atoms with Gasteiger partial charge in [0.05, 0.1) is 13.2 Å². The van der Waals surface area contributed by atoms with Crippen molar-refractivity contribution in [3.05, 3.63) is 42.0 Å². The molecule has 0 saturated carbocycles. The van der Waals surface area contributed by atoms with Crippen LogP contribution >= 0.6 is 0 Å². The zero-order valence-corrected chi connectivity index (χ0v) is 14.2. The molecule has 7 nitrogen and oxygen atoms in total. The van der Waals surface area contributed by atoms with Crippen molar-refractivity contribution in [1.82, 2.24) is 15.0 Å². The van der Waals surface area contributed by atoms with Crippen molar-refractivity contribution in [2.75, 3.05) is 32.9 Å². The Kier molecular flexibility index (Phi) is 4.17. The quantitative estimate of drug-likeness (QED) is 0.818. The van der Waals surface area contributed by atoms with E-state index < -0.39 is 0 Å². The highest BCUT2D eigenvalue weighted by molar-refractivity contribution is 5.78. The van der Waals surface area contributed by atoms with E-state index in [4.69, 9.17) is 14.0 Å². The van der Waals surface area contributed by atoms with Crippen LogP contribution in [-0.4, -0.2) is 53.9 Å². The van der Waals surface area contributed by atoms with Crippen LogP contribution < -0.4 is 4.74 Å². The number of carbonyl (C=O) groups is 1. The highest BCUT2D eigenvalue weighted by atomic mass is 16.5. The summed E-state index contributed by atoms with van der Waals surface area (Å²) in [6, 6.07) is 9.38. The molecule has 2 aliphatic rings. The Hall–Kier alpha value is -2.41. The van der Waals surface area contributed by atoms with Crippen molar-refractivity contribution >= 4 is 5.91 Å². The molecular weight excluding hydrogens is 322 g/mol. The van der Waals surface area contributed by atoms with E-state index in [1.54, 1.807) is 6.92 Å². The number of fused-ring (bicyclic) bond motifs is 1. The van der Waals surface area contributed by atoms with Crippen molar-refractivity contribution in [2.45, 2.75) is 13.3 Å². The smallest absolute Gasteiger partial charge is 0.260 e. The Bertz CT molecular complexity index is 748. The van der Waals surface area contributed by atoms with E-state index in [0.717, 1.165) is 0 Å². The fourth-order valence-electron chi connectivity index (χ4n) is 3.74. The largest absolute Gasteiger partial charge is 0.484 e. The molecule has 7 heteroatoms. The summed E-state index contributed by atoms with van der Waals surface area (Å²) in [6.45, 7) is 4.45. The zero-order chi connectivity index (χ0) is 17.3. The first kappa shape index (κ1) is 16.1. The summed E-state index contributed by atoms with van der Waals surface area (Å²) in [5.41, 5.74) is -0.138.